The van der Waals surface area contributed by atoms with Crippen LogP contribution < -0.4 is 5.32 Å². The summed E-state index contributed by atoms with van der Waals surface area (Å²) in [5, 5.41) is 13.2. The van der Waals surface area contributed by atoms with Crippen molar-refractivity contribution in [1.29, 1.82) is 0 Å². The molecule has 5 atom stereocenters. The minimum Gasteiger partial charge on any atom is -0.394 e. The third-order valence-corrected chi connectivity index (χ3v) is 5.80. The molecule has 5 rings (SSSR count). The van der Waals surface area contributed by atoms with Gasteiger partial charge < -0.3 is 24.6 Å². The second-order valence-electron chi connectivity index (χ2n) is 8.25. The fourth-order valence-corrected chi connectivity index (χ4v) is 4.40. The van der Waals surface area contributed by atoms with Crippen molar-refractivity contribution >= 4 is 28.6 Å². The van der Waals surface area contributed by atoms with Crippen molar-refractivity contribution in [3.8, 4) is 0 Å². The van der Waals surface area contributed by atoms with E-state index in [4.69, 9.17) is 25.8 Å². The molecule has 2 aromatic heterocycles. The first-order valence-electron chi connectivity index (χ1n) is 10.2. The number of imidazole rings is 1. The molecule has 4 heterocycles. The maximum Gasteiger partial charge on any atom is 0.226 e. The molecule has 0 aliphatic carbocycles. The predicted molar refractivity (Wildman–Crippen MR) is 114 cm³/mol. The lowest BCUT2D eigenvalue weighted by atomic mass is 10.1. The zero-order valence-corrected chi connectivity index (χ0v) is 18.2. The third kappa shape index (κ3) is 3.66. The molecule has 31 heavy (non-hydrogen) atoms. The number of ether oxygens (including phenoxy) is 3. The molecular formula is C21H24ClN5O4. The van der Waals surface area contributed by atoms with Gasteiger partial charge in [0.15, 0.2) is 29.0 Å². The standard InChI is InChI=1S/C21H24ClN5O4/c1-11(12-7-5-4-6-8-12)24-17-14-18(26-20(22)25-17)27(10-23-14)19-16-15(13(9-28)29-19)30-21(2,3)31-16/h4-8,10-11,13,15-16,19,28H,9H2,1-3H3,(H,24,25,26)/t11-,13+,15+,16+,19+/m0/s1. The van der Waals surface area contributed by atoms with Crippen LogP contribution in [0.1, 0.15) is 38.6 Å². The van der Waals surface area contributed by atoms with Gasteiger partial charge in [0.1, 0.15) is 18.3 Å². The summed E-state index contributed by atoms with van der Waals surface area (Å²) >= 11 is 6.26. The fourth-order valence-electron chi connectivity index (χ4n) is 4.24. The topological polar surface area (TPSA) is 104 Å². The van der Waals surface area contributed by atoms with Gasteiger partial charge in [0.05, 0.1) is 19.0 Å². The molecule has 2 fully saturated rings. The third-order valence-electron chi connectivity index (χ3n) is 5.63. The second kappa shape index (κ2) is 7.68. The lowest BCUT2D eigenvalue weighted by Crippen LogP contribution is -2.31. The van der Waals surface area contributed by atoms with Crippen LogP contribution in [0, 0.1) is 0 Å². The average molecular weight is 446 g/mol. The van der Waals surface area contributed by atoms with E-state index in [-0.39, 0.29) is 17.9 Å². The van der Waals surface area contributed by atoms with E-state index in [1.54, 1.807) is 10.9 Å². The van der Waals surface area contributed by atoms with Crippen LogP contribution in [0.2, 0.25) is 5.28 Å². The van der Waals surface area contributed by atoms with Crippen molar-refractivity contribution < 1.29 is 19.3 Å². The van der Waals surface area contributed by atoms with Gasteiger partial charge in [-0.15, -0.1) is 0 Å². The predicted octanol–water partition coefficient (Wildman–Crippen LogP) is 3.06. The van der Waals surface area contributed by atoms with Crippen LogP contribution in [0.25, 0.3) is 11.2 Å². The van der Waals surface area contributed by atoms with Crippen LogP contribution in [0.3, 0.4) is 0 Å². The molecule has 0 saturated carbocycles. The van der Waals surface area contributed by atoms with E-state index in [1.165, 1.54) is 0 Å². The number of benzene rings is 1. The molecular weight excluding hydrogens is 422 g/mol. The minimum absolute atomic E-state index is 0.0150. The molecule has 3 aromatic rings. The Morgan fingerprint density at radius 2 is 1.94 bits per heavy atom. The van der Waals surface area contributed by atoms with Crippen LogP contribution in [-0.4, -0.2) is 55.3 Å². The highest BCUT2D eigenvalue weighted by atomic mass is 35.5. The molecule has 1 aromatic carbocycles. The van der Waals surface area contributed by atoms with Crippen LogP contribution in [0.4, 0.5) is 5.82 Å². The highest BCUT2D eigenvalue weighted by Crippen LogP contribution is 2.43. The Kier molecular flexibility index (Phi) is 5.10. The number of nitrogens with one attached hydrogen (secondary N) is 1. The van der Waals surface area contributed by atoms with E-state index in [0.717, 1.165) is 5.56 Å². The Morgan fingerprint density at radius 3 is 2.68 bits per heavy atom. The molecule has 10 heteroatoms. The van der Waals surface area contributed by atoms with Crippen LogP contribution in [-0.2, 0) is 14.2 Å². The fraction of sp³-hybridized carbons (Fsp3) is 0.476. The Hall–Kier alpha value is -2.30. The number of anilines is 1. The van der Waals surface area contributed by atoms with Gasteiger partial charge in [-0.1, -0.05) is 30.3 Å². The number of fused-ring (bicyclic) bond motifs is 2. The molecule has 0 unspecified atom stereocenters. The summed E-state index contributed by atoms with van der Waals surface area (Å²) in [6, 6.07) is 10.0. The molecule has 0 spiro atoms. The number of rotatable bonds is 5. The molecule has 9 nitrogen and oxygen atoms in total. The summed E-state index contributed by atoms with van der Waals surface area (Å²) in [5.41, 5.74) is 2.19. The maximum atomic E-state index is 9.77. The quantitative estimate of drug-likeness (QED) is 0.577. The summed E-state index contributed by atoms with van der Waals surface area (Å²) in [6.45, 7) is 5.54. The van der Waals surface area contributed by atoms with E-state index < -0.39 is 30.3 Å². The molecule has 2 N–H and O–H groups in total. The van der Waals surface area contributed by atoms with E-state index in [2.05, 4.69) is 20.3 Å². The monoisotopic (exact) mass is 445 g/mol. The zero-order valence-electron chi connectivity index (χ0n) is 17.4. The SMILES string of the molecule is C[C@H](Nc1nc(Cl)nc2c1ncn2[C@@H]1O[C@H](CO)[C@H]2OC(C)(C)O[C@H]21)c1ccccc1. The number of hydrogen-bond donors (Lipinski definition) is 2. The van der Waals surface area contributed by atoms with Crippen molar-refractivity contribution in [2.24, 2.45) is 0 Å². The Balaban J connectivity index is 1.50. The number of aromatic nitrogens is 4. The smallest absolute Gasteiger partial charge is 0.226 e. The van der Waals surface area contributed by atoms with Gasteiger partial charge in [-0.2, -0.15) is 9.97 Å². The van der Waals surface area contributed by atoms with Gasteiger partial charge in [-0.05, 0) is 37.9 Å². The van der Waals surface area contributed by atoms with E-state index >= 15 is 0 Å². The lowest BCUT2D eigenvalue weighted by molar-refractivity contribution is -0.199. The highest BCUT2D eigenvalue weighted by molar-refractivity contribution is 6.28. The first-order chi connectivity index (χ1) is 14.9. The molecule has 0 radical (unpaired) electrons. The van der Waals surface area contributed by atoms with Crippen LogP contribution in [0.15, 0.2) is 36.7 Å². The molecule has 2 aliphatic heterocycles. The van der Waals surface area contributed by atoms with Gasteiger partial charge in [0.25, 0.3) is 0 Å². The lowest BCUT2D eigenvalue weighted by Gasteiger charge is -2.24. The van der Waals surface area contributed by atoms with Gasteiger partial charge >= 0.3 is 0 Å². The van der Waals surface area contributed by atoms with Crippen molar-refractivity contribution in [3.05, 3.63) is 47.5 Å². The van der Waals surface area contributed by atoms with E-state index in [9.17, 15) is 5.11 Å². The van der Waals surface area contributed by atoms with Crippen LogP contribution in [0.5, 0.6) is 0 Å². The minimum atomic E-state index is -0.772. The number of hydrogen-bond acceptors (Lipinski definition) is 8. The Labute approximate surface area is 184 Å². The second-order valence-corrected chi connectivity index (χ2v) is 8.59. The van der Waals surface area contributed by atoms with Gasteiger partial charge in [0.2, 0.25) is 5.28 Å². The van der Waals surface area contributed by atoms with Crippen molar-refractivity contribution in [1.82, 2.24) is 19.5 Å². The first-order valence-corrected chi connectivity index (χ1v) is 10.6. The molecule has 2 saturated heterocycles. The summed E-state index contributed by atoms with van der Waals surface area (Å²) in [5.74, 6) is -0.242. The normalized spacial score (nSPS) is 28.0. The Bertz CT molecular complexity index is 1090. The maximum absolute atomic E-state index is 9.77. The van der Waals surface area contributed by atoms with Crippen LogP contribution >= 0.6 is 11.6 Å². The highest BCUT2D eigenvalue weighted by Gasteiger charge is 2.56. The van der Waals surface area contributed by atoms with Crippen molar-refractivity contribution in [2.45, 2.75) is 57.1 Å². The van der Waals surface area contributed by atoms with Gasteiger partial charge in [0, 0.05) is 0 Å². The number of nitrogens with zero attached hydrogens (tertiary/aromatic N) is 4. The first kappa shape index (κ1) is 20.6. The summed E-state index contributed by atoms with van der Waals surface area (Å²) in [6.07, 6.45) is -0.264. The van der Waals surface area contributed by atoms with E-state index in [0.29, 0.717) is 17.0 Å². The molecule has 164 valence electrons. The molecule has 2 aliphatic rings. The number of aliphatic hydroxyl groups excluding tert-OH is 1. The van der Waals surface area contributed by atoms with Crippen molar-refractivity contribution in [2.75, 3.05) is 11.9 Å². The van der Waals surface area contributed by atoms with Crippen molar-refractivity contribution in [3.63, 3.8) is 0 Å². The number of aliphatic hydroxyl groups is 1. The Morgan fingerprint density at radius 1 is 1.19 bits per heavy atom. The van der Waals surface area contributed by atoms with Gasteiger partial charge in [-0.25, -0.2) is 4.98 Å². The largest absolute Gasteiger partial charge is 0.394 e. The summed E-state index contributed by atoms with van der Waals surface area (Å²) in [7, 11) is 0. The average Bonchev–Trinajstić information content (AvgIpc) is 3.39. The van der Waals surface area contributed by atoms with E-state index in [1.807, 2.05) is 51.1 Å². The zero-order chi connectivity index (χ0) is 21.8. The van der Waals surface area contributed by atoms with Gasteiger partial charge in [-0.3, -0.25) is 4.57 Å². The molecule has 0 bridgehead atoms. The summed E-state index contributed by atoms with van der Waals surface area (Å²) < 4.78 is 19.8. The number of halogens is 1. The molecule has 0 amide bonds. The summed E-state index contributed by atoms with van der Waals surface area (Å²) in [4.78, 5) is 13.3.